The molecule has 0 radical (unpaired) electrons. The van der Waals surface area contributed by atoms with E-state index in [-0.39, 0.29) is 0 Å². The maximum absolute atomic E-state index is 12.4. The Kier molecular flexibility index (Phi) is 5.53. The lowest BCUT2D eigenvalue weighted by atomic mass is 10.1. The van der Waals surface area contributed by atoms with Gasteiger partial charge in [0.1, 0.15) is 12.4 Å². The van der Waals surface area contributed by atoms with Crippen molar-refractivity contribution in [2.45, 2.75) is 32.0 Å². The fraction of sp³-hybridized carbons (Fsp3) is 0.375. The first-order valence-electron chi connectivity index (χ1n) is 7.86. The van der Waals surface area contributed by atoms with E-state index in [1.807, 2.05) is 0 Å². The Hall–Kier alpha value is -1.74. The lowest BCUT2D eigenvalue weighted by Crippen LogP contribution is -2.32. The van der Waals surface area contributed by atoms with E-state index in [2.05, 4.69) is 14.8 Å². The number of aromatic nitrogens is 3. The number of methoxy groups -OCH3 is 1. The number of nitrogens with zero attached hydrogens (tertiary/aromatic N) is 3. The van der Waals surface area contributed by atoms with E-state index in [1.165, 1.54) is 6.08 Å². The monoisotopic (exact) mass is 382 g/mol. The van der Waals surface area contributed by atoms with Crippen molar-refractivity contribution in [3.63, 3.8) is 0 Å². The third-order valence-corrected chi connectivity index (χ3v) is 5.28. The predicted molar refractivity (Wildman–Crippen MR) is 95.3 cm³/mol. The summed E-state index contributed by atoms with van der Waals surface area (Å²) in [4.78, 5) is 4.39. The molecule has 2 aromatic rings. The van der Waals surface area contributed by atoms with Gasteiger partial charge in [-0.05, 0) is 30.5 Å². The van der Waals surface area contributed by atoms with Gasteiger partial charge in [-0.25, -0.2) is 22.8 Å². The van der Waals surface area contributed by atoms with Gasteiger partial charge in [0.15, 0.2) is 5.82 Å². The molecule has 7 nitrogen and oxygen atoms in total. The van der Waals surface area contributed by atoms with E-state index in [0.717, 1.165) is 18.4 Å². The smallest absolute Gasteiger partial charge is 0.234 e. The van der Waals surface area contributed by atoms with Crippen LogP contribution in [0.15, 0.2) is 29.7 Å². The summed E-state index contributed by atoms with van der Waals surface area (Å²) in [6.07, 6.45) is 2.98. The third kappa shape index (κ3) is 4.46. The third-order valence-electron chi connectivity index (χ3n) is 3.83. The Morgan fingerprint density at radius 3 is 3.00 bits per heavy atom. The van der Waals surface area contributed by atoms with Gasteiger partial charge in [0.2, 0.25) is 10.0 Å². The van der Waals surface area contributed by atoms with Crippen molar-refractivity contribution < 1.29 is 13.2 Å². The number of ether oxygens (including phenoxy) is 1. The molecule has 25 heavy (non-hydrogen) atoms. The Morgan fingerprint density at radius 1 is 1.44 bits per heavy atom. The zero-order valence-corrected chi connectivity index (χ0v) is 15.3. The summed E-state index contributed by atoms with van der Waals surface area (Å²) < 4.78 is 34.3. The number of halogens is 1. The zero-order chi connectivity index (χ0) is 17.9. The quantitative estimate of drug-likeness (QED) is 0.829. The molecule has 0 bridgehead atoms. The van der Waals surface area contributed by atoms with Crippen LogP contribution >= 0.6 is 11.6 Å². The highest BCUT2D eigenvalue weighted by Crippen LogP contribution is 2.24. The van der Waals surface area contributed by atoms with E-state index >= 15 is 0 Å². The van der Waals surface area contributed by atoms with Gasteiger partial charge in [0.05, 0.1) is 6.04 Å². The second-order valence-corrected chi connectivity index (χ2v) is 7.73. The molecular weight excluding hydrogens is 364 g/mol. The molecule has 0 saturated carbocycles. The Balaban J connectivity index is 1.77. The minimum atomic E-state index is -3.64. The molecule has 1 aromatic heterocycles. The van der Waals surface area contributed by atoms with Gasteiger partial charge in [-0.15, -0.1) is 0 Å². The first-order valence-corrected chi connectivity index (χ1v) is 9.78. The summed E-state index contributed by atoms with van der Waals surface area (Å²) in [5, 5.41) is 5.96. The van der Waals surface area contributed by atoms with Crippen LogP contribution in [0, 0.1) is 0 Å². The van der Waals surface area contributed by atoms with Crippen LogP contribution in [0.25, 0.3) is 6.08 Å². The van der Waals surface area contributed by atoms with E-state index in [1.54, 1.807) is 36.1 Å². The average Bonchev–Trinajstić information content (AvgIpc) is 2.98. The van der Waals surface area contributed by atoms with Crippen LogP contribution in [0.5, 0.6) is 0 Å². The van der Waals surface area contributed by atoms with Crippen molar-refractivity contribution in [3.05, 3.63) is 51.9 Å². The summed E-state index contributed by atoms with van der Waals surface area (Å²) >= 11 is 6.04. The highest BCUT2D eigenvalue weighted by atomic mass is 35.5. The average molecular weight is 383 g/mol. The molecule has 1 atom stereocenters. The molecule has 1 aromatic carbocycles. The highest BCUT2D eigenvalue weighted by Gasteiger charge is 2.27. The molecule has 0 spiro atoms. The number of nitrogens with one attached hydrogen (secondary N) is 1. The lowest BCUT2D eigenvalue weighted by Gasteiger charge is -2.22. The lowest BCUT2D eigenvalue weighted by molar-refractivity contribution is 0.177. The minimum Gasteiger partial charge on any atom is -0.377 e. The van der Waals surface area contributed by atoms with E-state index in [0.29, 0.717) is 35.3 Å². The minimum absolute atomic E-state index is 0.297. The zero-order valence-electron chi connectivity index (χ0n) is 13.7. The van der Waals surface area contributed by atoms with Gasteiger partial charge in [-0.3, -0.25) is 0 Å². The van der Waals surface area contributed by atoms with Crippen LogP contribution in [0.3, 0.4) is 0 Å². The second kappa shape index (κ2) is 7.65. The largest absolute Gasteiger partial charge is 0.377 e. The number of hydrogen-bond acceptors (Lipinski definition) is 5. The van der Waals surface area contributed by atoms with Crippen molar-refractivity contribution in [2.75, 3.05) is 7.11 Å². The van der Waals surface area contributed by atoms with Crippen LogP contribution in [0.2, 0.25) is 5.02 Å². The van der Waals surface area contributed by atoms with E-state index < -0.39 is 16.1 Å². The molecule has 1 unspecified atom stereocenters. The molecular formula is C16H19ClN4O3S. The van der Waals surface area contributed by atoms with Gasteiger partial charge in [0.25, 0.3) is 0 Å². The molecule has 0 aliphatic carbocycles. The fourth-order valence-corrected chi connectivity index (χ4v) is 3.93. The first kappa shape index (κ1) is 18.1. The van der Waals surface area contributed by atoms with Gasteiger partial charge in [-0.1, -0.05) is 29.8 Å². The number of rotatable bonds is 6. The number of fused-ring (bicyclic) bond motifs is 1. The molecule has 0 saturated heterocycles. The maximum atomic E-state index is 12.4. The maximum Gasteiger partial charge on any atom is 0.234 e. The number of hydrogen-bond donors (Lipinski definition) is 1. The molecule has 1 aliphatic heterocycles. The predicted octanol–water partition coefficient (Wildman–Crippen LogP) is 2.50. The van der Waals surface area contributed by atoms with Gasteiger partial charge in [0, 0.05) is 24.1 Å². The van der Waals surface area contributed by atoms with Crippen molar-refractivity contribution in [1.82, 2.24) is 19.5 Å². The summed E-state index contributed by atoms with van der Waals surface area (Å²) in [6, 6.07) is 6.64. The molecule has 2 heterocycles. The SMILES string of the molecule is COCc1nc2n(n1)CCCC2NS(=O)(=O)/C=C/c1ccccc1Cl. The van der Waals surface area contributed by atoms with E-state index in [4.69, 9.17) is 16.3 Å². The summed E-state index contributed by atoms with van der Waals surface area (Å²) in [5.74, 6) is 1.17. The van der Waals surface area contributed by atoms with Crippen molar-refractivity contribution in [1.29, 1.82) is 0 Å². The molecule has 1 aliphatic rings. The van der Waals surface area contributed by atoms with Crippen LogP contribution in [0.4, 0.5) is 0 Å². The van der Waals surface area contributed by atoms with Crippen LogP contribution < -0.4 is 4.72 Å². The normalized spacial score (nSPS) is 17.8. The van der Waals surface area contributed by atoms with Crippen molar-refractivity contribution >= 4 is 27.7 Å². The Morgan fingerprint density at radius 2 is 2.24 bits per heavy atom. The van der Waals surface area contributed by atoms with Crippen LogP contribution in [-0.4, -0.2) is 30.3 Å². The fourth-order valence-electron chi connectivity index (χ4n) is 2.71. The van der Waals surface area contributed by atoms with Crippen LogP contribution in [0.1, 0.15) is 36.1 Å². The standard InChI is InChI=1S/C16H19ClN4O3S/c1-24-11-15-18-16-14(7-4-9-21(16)19-15)20-25(22,23)10-8-12-5-2-3-6-13(12)17/h2-3,5-6,8,10,14,20H,4,7,9,11H2,1H3/b10-8+. The Bertz CT molecular complexity index is 879. The number of sulfonamides is 1. The number of aryl methyl sites for hydroxylation is 1. The van der Waals surface area contributed by atoms with E-state index in [9.17, 15) is 8.42 Å². The topological polar surface area (TPSA) is 86.1 Å². The molecule has 0 amide bonds. The molecule has 1 N–H and O–H groups in total. The molecule has 0 fully saturated rings. The van der Waals surface area contributed by atoms with Gasteiger partial charge in [-0.2, -0.15) is 5.10 Å². The molecule has 134 valence electrons. The van der Waals surface area contributed by atoms with Gasteiger partial charge < -0.3 is 4.74 Å². The molecule has 3 rings (SSSR count). The van der Waals surface area contributed by atoms with Crippen molar-refractivity contribution in [3.8, 4) is 0 Å². The van der Waals surface area contributed by atoms with Crippen molar-refractivity contribution in [2.24, 2.45) is 0 Å². The van der Waals surface area contributed by atoms with Crippen LogP contribution in [-0.2, 0) is 27.9 Å². The first-order chi connectivity index (χ1) is 12.0. The highest BCUT2D eigenvalue weighted by molar-refractivity contribution is 7.92. The Labute approximate surface area is 151 Å². The molecule has 9 heteroatoms. The van der Waals surface area contributed by atoms with Gasteiger partial charge >= 0.3 is 0 Å². The second-order valence-electron chi connectivity index (χ2n) is 5.72. The summed E-state index contributed by atoms with van der Waals surface area (Å²) in [6.45, 7) is 1.02. The number of benzene rings is 1. The summed E-state index contributed by atoms with van der Waals surface area (Å²) in [5.41, 5.74) is 0.642. The summed E-state index contributed by atoms with van der Waals surface area (Å²) in [7, 11) is -2.07.